The first-order chi connectivity index (χ1) is 17.7. The number of nitrogen functional groups attached to an aromatic ring is 1. The standard InChI is InChI=1S/C26H26N6O4S/c1-15(33)23-24(18-11-19-8-9-20(12-18)32(19)37(34,35)36)30-26-21(14-29-31(26)25(23)27)17-7-10-22(28-13-17)16-5-3-2-4-6-16/h2-7,10,13-14,18-20H,8-9,11-12,27H2,1H3,(H,34,35,36)/t18?,19-,20+. The Morgan fingerprint density at radius 1 is 1.03 bits per heavy atom. The van der Waals surface area contributed by atoms with Gasteiger partial charge in [-0.15, -0.1) is 0 Å². The first-order valence-electron chi connectivity index (χ1n) is 12.2. The average Bonchev–Trinajstić information content (AvgIpc) is 3.43. The molecule has 2 saturated heterocycles. The molecule has 3 N–H and O–H groups in total. The molecule has 0 radical (unpaired) electrons. The number of carbonyl (C=O) groups excluding carboxylic acids is 1. The van der Waals surface area contributed by atoms with Crippen LogP contribution in [0, 0.1) is 0 Å². The van der Waals surface area contributed by atoms with Crippen molar-refractivity contribution >= 4 is 27.6 Å². The number of piperidine rings is 1. The molecule has 2 aliphatic heterocycles. The van der Waals surface area contributed by atoms with Gasteiger partial charge in [-0.3, -0.25) is 14.3 Å². The van der Waals surface area contributed by atoms with Gasteiger partial charge in [-0.05, 0) is 38.7 Å². The summed E-state index contributed by atoms with van der Waals surface area (Å²) < 4.78 is 36.3. The maximum Gasteiger partial charge on any atom is 0.336 e. The second kappa shape index (κ2) is 8.72. The highest BCUT2D eigenvalue weighted by atomic mass is 32.2. The molecule has 11 heteroatoms. The summed E-state index contributed by atoms with van der Waals surface area (Å²) in [5.41, 5.74) is 11.2. The van der Waals surface area contributed by atoms with Gasteiger partial charge in [0.05, 0.1) is 23.1 Å². The molecular weight excluding hydrogens is 492 g/mol. The van der Waals surface area contributed by atoms with Crippen molar-refractivity contribution in [2.75, 3.05) is 5.73 Å². The minimum Gasteiger partial charge on any atom is -0.383 e. The van der Waals surface area contributed by atoms with Crippen LogP contribution in [0.25, 0.3) is 28.0 Å². The van der Waals surface area contributed by atoms with E-state index < -0.39 is 10.3 Å². The lowest BCUT2D eigenvalue weighted by Crippen LogP contribution is -2.45. The molecular formula is C26H26N6O4S. The number of benzene rings is 1. The SMILES string of the molecule is CC(=O)c1c(C2C[C@H]3CC[C@@H](C2)N3S(=O)(=O)O)nc2c(-c3ccc(-c4ccccc4)nc3)cnn2c1N. The van der Waals surface area contributed by atoms with E-state index in [1.807, 2.05) is 42.5 Å². The number of hydrogen-bond acceptors (Lipinski definition) is 7. The third-order valence-corrected chi connectivity index (χ3v) is 8.66. The summed E-state index contributed by atoms with van der Waals surface area (Å²) in [6.45, 7) is 1.45. The molecule has 2 bridgehead atoms. The van der Waals surface area contributed by atoms with Gasteiger partial charge in [0.15, 0.2) is 11.4 Å². The van der Waals surface area contributed by atoms with Crippen molar-refractivity contribution < 1.29 is 17.8 Å². The molecule has 2 fully saturated rings. The van der Waals surface area contributed by atoms with Crippen molar-refractivity contribution in [2.45, 2.75) is 50.6 Å². The molecule has 0 amide bonds. The van der Waals surface area contributed by atoms with E-state index in [1.165, 1.54) is 15.7 Å². The van der Waals surface area contributed by atoms with Crippen molar-refractivity contribution in [3.8, 4) is 22.4 Å². The van der Waals surface area contributed by atoms with Crippen LogP contribution in [0.1, 0.15) is 54.6 Å². The van der Waals surface area contributed by atoms with E-state index >= 15 is 0 Å². The van der Waals surface area contributed by atoms with E-state index in [0.717, 1.165) is 22.4 Å². The van der Waals surface area contributed by atoms with Crippen molar-refractivity contribution in [3.63, 3.8) is 0 Å². The highest BCUT2D eigenvalue weighted by Crippen LogP contribution is 2.45. The van der Waals surface area contributed by atoms with Crippen LogP contribution >= 0.6 is 0 Å². The summed E-state index contributed by atoms with van der Waals surface area (Å²) in [7, 11) is -4.29. The topological polar surface area (TPSA) is 144 Å². The number of fused-ring (bicyclic) bond motifs is 3. The molecule has 2 aliphatic rings. The summed E-state index contributed by atoms with van der Waals surface area (Å²) in [5.74, 6) is -0.197. The highest BCUT2D eigenvalue weighted by Gasteiger charge is 2.47. The average molecular weight is 519 g/mol. The van der Waals surface area contributed by atoms with E-state index in [9.17, 15) is 17.8 Å². The molecule has 0 spiro atoms. The lowest BCUT2D eigenvalue weighted by atomic mass is 9.86. The number of Topliss-reactive ketones (excluding diaryl/α,β-unsaturated/α-hetero) is 1. The van der Waals surface area contributed by atoms with Crippen molar-refractivity contribution in [2.24, 2.45) is 0 Å². The Labute approximate surface area is 214 Å². The van der Waals surface area contributed by atoms with Crippen LogP contribution in [0.4, 0.5) is 5.82 Å². The Balaban J connectivity index is 1.43. The Bertz CT molecular complexity index is 1600. The molecule has 4 aromatic rings. The number of carbonyl (C=O) groups is 1. The first-order valence-corrected chi connectivity index (χ1v) is 13.6. The van der Waals surface area contributed by atoms with Crippen LogP contribution < -0.4 is 5.73 Å². The van der Waals surface area contributed by atoms with Crippen LogP contribution in [-0.4, -0.2) is 54.7 Å². The zero-order chi connectivity index (χ0) is 25.9. The number of anilines is 1. The Hall–Kier alpha value is -3.67. The third kappa shape index (κ3) is 3.99. The van der Waals surface area contributed by atoms with E-state index in [-0.39, 0.29) is 29.6 Å². The maximum atomic E-state index is 12.7. The number of ketones is 1. The van der Waals surface area contributed by atoms with Gasteiger partial charge in [0.1, 0.15) is 5.82 Å². The lowest BCUT2D eigenvalue weighted by Gasteiger charge is -2.36. The zero-order valence-corrected chi connectivity index (χ0v) is 21.0. The molecule has 0 saturated carbocycles. The predicted molar refractivity (Wildman–Crippen MR) is 138 cm³/mol. The Morgan fingerprint density at radius 2 is 1.73 bits per heavy atom. The summed E-state index contributed by atoms with van der Waals surface area (Å²) >= 11 is 0. The van der Waals surface area contributed by atoms with Crippen LogP contribution in [0.2, 0.25) is 0 Å². The van der Waals surface area contributed by atoms with E-state index in [0.29, 0.717) is 42.6 Å². The van der Waals surface area contributed by atoms with Gasteiger partial charge < -0.3 is 5.73 Å². The second-order valence-electron chi connectivity index (χ2n) is 9.77. The summed E-state index contributed by atoms with van der Waals surface area (Å²) in [5, 5.41) is 4.42. The normalized spacial score (nSPS) is 21.9. The van der Waals surface area contributed by atoms with Gasteiger partial charge in [0.25, 0.3) is 0 Å². The molecule has 10 nitrogen and oxygen atoms in total. The number of pyridine rings is 1. The van der Waals surface area contributed by atoms with Gasteiger partial charge >= 0.3 is 10.3 Å². The third-order valence-electron chi connectivity index (χ3n) is 7.53. The van der Waals surface area contributed by atoms with Gasteiger partial charge in [0, 0.05) is 40.9 Å². The summed E-state index contributed by atoms with van der Waals surface area (Å²) in [4.78, 5) is 22.2. The molecule has 0 aliphatic carbocycles. The minimum absolute atomic E-state index is 0.178. The van der Waals surface area contributed by atoms with Crippen molar-refractivity contribution in [1.82, 2.24) is 23.9 Å². The number of hydrogen-bond donors (Lipinski definition) is 2. The van der Waals surface area contributed by atoms with Gasteiger partial charge in [-0.2, -0.15) is 22.3 Å². The molecule has 3 atom stereocenters. The van der Waals surface area contributed by atoms with Gasteiger partial charge in [0.2, 0.25) is 0 Å². The fourth-order valence-electron chi connectivity index (χ4n) is 5.96. The molecule has 6 rings (SSSR count). The van der Waals surface area contributed by atoms with Crippen LogP contribution in [0.3, 0.4) is 0 Å². The number of nitrogens with zero attached hydrogens (tertiary/aromatic N) is 5. The fourth-order valence-corrected chi connectivity index (χ4v) is 7.10. The summed E-state index contributed by atoms with van der Waals surface area (Å²) in [6, 6.07) is 13.1. The van der Waals surface area contributed by atoms with Crippen LogP contribution in [0.15, 0.2) is 54.9 Å². The molecule has 3 aromatic heterocycles. The molecule has 1 aromatic carbocycles. The fraction of sp³-hybridized carbons (Fsp3) is 0.308. The largest absolute Gasteiger partial charge is 0.383 e. The maximum absolute atomic E-state index is 12.7. The molecule has 1 unspecified atom stereocenters. The molecule has 37 heavy (non-hydrogen) atoms. The predicted octanol–water partition coefficient (Wildman–Crippen LogP) is 3.76. The molecule has 190 valence electrons. The van der Waals surface area contributed by atoms with Crippen molar-refractivity contribution in [3.05, 3.63) is 66.1 Å². The van der Waals surface area contributed by atoms with Crippen molar-refractivity contribution in [1.29, 1.82) is 0 Å². The van der Waals surface area contributed by atoms with Crippen LogP contribution in [-0.2, 0) is 10.3 Å². The van der Waals surface area contributed by atoms with Crippen LogP contribution in [0.5, 0.6) is 0 Å². The zero-order valence-electron chi connectivity index (χ0n) is 20.2. The van der Waals surface area contributed by atoms with E-state index in [2.05, 4.69) is 10.1 Å². The lowest BCUT2D eigenvalue weighted by molar-refractivity contribution is 0.101. The van der Waals surface area contributed by atoms with E-state index in [4.69, 9.17) is 10.7 Å². The summed E-state index contributed by atoms with van der Waals surface area (Å²) in [6.07, 6.45) is 5.65. The Kier molecular flexibility index (Phi) is 5.59. The second-order valence-corrected chi connectivity index (χ2v) is 11.1. The number of aromatic nitrogens is 4. The van der Waals surface area contributed by atoms with Gasteiger partial charge in [-0.25, -0.2) is 4.98 Å². The Morgan fingerprint density at radius 3 is 2.32 bits per heavy atom. The highest BCUT2D eigenvalue weighted by molar-refractivity contribution is 7.83. The quantitative estimate of drug-likeness (QED) is 0.300. The molecule has 5 heterocycles. The first kappa shape index (κ1) is 23.7. The number of rotatable bonds is 5. The number of nitrogens with two attached hydrogens (primary N) is 1. The smallest absolute Gasteiger partial charge is 0.336 e. The minimum atomic E-state index is -4.29. The van der Waals surface area contributed by atoms with E-state index in [1.54, 1.807) is 12.4 Å². The van der Waals surface area contributed by atoms with Gasteiger partial charge in [-0.1, -0.05) is 36.4 Å². The monoisotopic (exact) mass is 518 g/mol.